The standard InChI is InChI=1S/C21H13Cl2N5O2/c1-28-10-19(8-24,9-25)20(13-6-11(22)2-4-15(13)26-17(20)29)21(28)14-7-12(23)3-5-16(14)27-18(21)30/h2-7H,10H2,1H3,(H,26,29)(H,27,30)/t20-,21+/m1/s1. The Kier molecular flexibility index (Phi) is 3.61. The number of rotatable bonds is 0. The van der Waals surface area contributed by atoms with E-state index in [1.54, 1.807) is 48.3 Å². The third kappa shape index (κ3) is 1.76. The molecule has 5 rings (SSSR count). The lowest BCUT2D eigenvalue weighted by molar-refractivity contribution is -0.137. The second kappa shape index (κ2) is 5.74. The number of nitriles is 2. The molecule has 2 amide bonds. The van der Waals surface area contributed by atoms with Crippen LogP contribution >= 0.6 is 23.2 Å². The highest BCUT2D eigenvalue weighted by Crippen LogP contribution is 2.67. The van der Waals surface area contributed by atoms with E-state index in [0.29, 0.717) is 32.5 Å². The van der Waals surface area contributed by atoms with E-state index < -0.39 is 28.2 Å². The van der Waals surface area contributed by atoms with Gasteiger partial charge in [0.2, 0.25) is 5.91 Å². The van der Waals surface area contributed by atoms with Crippen molar-refractivity contribution in [2.24, 2.45) is 5.41 Å². The summed E-state index contributed by atoms with van der Waals surface area (Å²) in [6.45, 7) is -0.126. The predicted octanol–water partition coefficient (Wildman–Crippen LogP) is 3.01. The SMILES string of the molecule is CN1CC(C#N)(C#N)[C@@]2(C(=O)Nc3ccc(Cl)cc32)[C@]12C(=O)Nc1ccc(Cl)cc12. The number of benzene rings is 2. The molecule has 3 aliphatic heterocycles. The van der Waals surface area contributed by atoms with Gasteiger partial charge in [0.15, 0.2) is 5.41 Å². The largest absolute Gasteiger partial charge is 0.325 e. The number of likely N-dealkylation sites (N-methyl/N-ethyl adjacent to an activating group) is 1. The fourth-order valence-corrected chi connectivity index (χ4v) is 5.86. The molecule has 2 N–H and O–H groups in total. The second-order valence-electron chi connectivity index (χ2n) is 7.73. The summed E-state index contributed by atoms with van der Waals surface area (Å²) < 4.78 is 0. The maximum absolute atomic E-state index is 13.8. The number of anilines is 2. The number of halogens is 2. The smallest absolute Gasteiger partial charge is 0.251 e. The van der Waals surface area contributed by atoms with E-state index in [1.165, 1.54) is 0 Å². The van der Waals surface area contributed by atoms with Gasteiger partial charge in [-0.05, 0) is 49.0 Å². The molecule has 0 saturated carbocycles. The number of carbonyl (C=O) groups excluding carboxylic acids is 2. The number of likely N-dealkylation sites (tertiary alicyclic amines) is 1. The molecule has 0 bridgehead atoms. The highest BCUT2D eigenvalue weighted by Gasteiger charge is 2.82. The van der Waals surface area contributed by atoms with Crippen LogP contribution in [0.3, 0.4) is 0 Å². The van der Waals surface area contributed by atoms with E-state index in [0.717, 1.165) is 0 Å². The van der Waals surface area contributed by atoms with Crippen LogP contribution in [-0.4, -0.2) is 30.3 Å². The summed E-state index contributed by atoms with van der Waals surface area (Å²) in [4.78, 5) is 29.0. The Balaban J connectivity index is 2.01. The molecule has 1 saturated heterocycles. The summed E-state index contributed by atoms with van der Waals surface area (Å²) in [5.74, 6) is -1.10. The van der Waals surface area contributed by atoms with Crippen molar-refractivity contribution in [2.75, 3.05) is 24.2 Å². The van der Waals surface area contributed by atoms with E-state index in [4.69, 9.17) is 23.2 Å². The fraction of sp³-hybridized carbons (Fsp3) is 0.238. The first-order valence-electron chi connectivity index (χ1n) is 9.05. The molecule has 0 unspecified atom stereocenters. The van der Waals surface area contributed by atoms with Crippen molar-refractivity contribution in [3.8, 4) is 12.1 Å². The van der Waals surface area contributed by atoms with Crippen LogP contribution in [0.4, 0.5) is 11.4 Å². The Morgan fingerprint density at radius 2 is 1.47 bits per heavy atom. The van der Waals surface area contributed by atoms with Crippen LogP contribution in [0.15, 0.2) is 36.4 Å². The van der Waals surface area contributed by atoms with E-state index in [9.17, 15) is 20.1 Å². The molecule has 2 atom stereocenters. The molecule has 3 heterocycles. The highest BCUT2D eigenvalue weighted by molar-refractivity contribution is 6.32. The highest BCUT2D eigenvalue weighted by atomic mass is 35.5. The number of amides is 2. The molecule has 9 heteroatoms. The lowest BCUT2D eigenvalue weighted by atomic mass is 9.54. The van der Waals surface area contributed by atoms with Gasteiger partial charge in [0.05, 0.1) is 12.1 Å². The molecule has 2 aromatic carbocycles. The maximum atomic E-state index is 13.8. The number of hydrogen-bond donors (Lipinski definition) is 2. The minimum Gasteiger partial charge on any atom is -0.325 e. The third-order valence-electron chi connectivity index (χ3n) is 6.53. The third-order valence-corrected chi connectivity index (χ3v) is 7.00. The van der Waals surface area contributed by atoms with Crippen molar-refractivity contribution in [3.63, 3.8) is 0 Å². The van der Waals surface area contributed by atoms with Gasteiger partial charge in [0, 0.05) is 33.5 Å². The van der Waals surface area contributed by atoms with Gasteiger partial charge in [-0.3, -0.25) is 14.5 Å². The quantitative estimate of drug-likeness (QED) is 0.658. The van der Waals surface area contributed by atoms with Gasteiger partial charge in [0.1, 0.15) is 11.0 Å². The van der Waals surface area contributed by atoms with Crippen molar-refractivity contribution in [1.82, 2.24) is 4.90 Å². The van der Waals surface area contributed by atoms with Gasteiger partial charge in [-0.1, -0.05) is 23.2 Å². The van der Waals surface area contributed by atoms with Crippen molar-refractivity contribution in [3.05, 3.63) is 57.6 Å². The second-order valence-corrected chi connectivity index (χ2v) is 8.61. The van der Waals surface area contributed by atoms with E-state index in [-0.39, 0.29) is 6.54 Å². The number of hydrogen-bond acceptors (Lipinski definition) is 5. The van der Waals surface area contributed by atoms with Gasteiger partial charge >= 0.3 is 0 Å². The van der Waals surface area contributed by atoms with Gasteiger partial charge < -0.3 is 10.6 Å². The van der Waals surface area contributed by atoms with Crippen molar-refractivity contribution >= 4 is 46.4 Å². The molecule has 7 nitrogen and oxygen atoms in total. The number of carbonyl (C=O) groups is 2. The first-order chi connectivity index (χ1) is 14.3. The Bertz CT molecular complexity index is 1250. The molecule has 1 fully saturated rings. The monoisotopic (exact) mass is 437 g/mol. The fourth-order valence-electron chi connectivity index (χ4n) is 5.52. The van der Waals surface area contributed by atoms with Gasteiger partial charge in [-0.25, -0.2) is 0 Å². The molecular formula is C21H13Cl2N5O2. The first kappa shape index (κ1) is 18.9. The van der Waals surface area contributed by atoms with Gasteiger partial charge in [-0.15, -0.1) is 0 Å². The first-order valence-corrected chi connectivity index (χ1v) is 9.81. The number of fused-ring (bicyclic) bond motifs is 5. The Hall–Kier alpha value is -3.10. The lowest BCUT2D eigenvalue weighted by Crippen LogP contribution is -2.63. The Morgan fingerprint density at radius 3 is 2.07 bits per heavy atom. The molecule has 2 aromatic rings. The van der Waals surface area contributed by atoms with Crippen LogP contribution in [0.5, 0.6) is 0 Å². The minimum atomic E-state index is -1.86. The summed E-state index contributed by atoms with van der Waals surface area (Å²) in [6, 6.07) is 13.8. The normalized spacial score (nSPS) is 28.0. The van der Waals surface area contributed by atoms with Gasteiger partial charge in [0.25, 0.3) is 5.91 Å². The van der Waals surface area contributed by atoms with Crippen molar-refractivity contribution in [2.45, 2.75) is 11.0 Å². The molecule has 30 heavy (non-hydrogen) atoms. The maximum Gasteiger partial charge on any atom is 0.251 e. The molecule has 0 aromatic heterocycles. The van der Waals surface area contributed by atoms with Crippen LogP contribution in [0, 0.1) is 28.1 Å². The zero-order valence-electron chi connectivity index (χ0n) is 15.6. The zero-order valence-corrected chi connectivity index (χ0v) is 17.1. The summed E-state index contributed by atoms with van der Waals surface area (Å²) in [7, 11) is 1.63. The van der Waals surface area contributed by atoms with E-state index in [2.05, 4.69) is 22.8 Å². The Morgan fingerprint density at radius 1 is 0.933 bits per heavy atom. The molecular weight excluding hydrogens is 425 g/mol. The van der Waals surface area contributed by atoms with Crippen LogP contribution in [0.2, 0.25) is 10.0 Å². The molecule has 0 aliphatic carbocycles. The van der Waals surface area contributed by atoms with Crippen LogP contribution in [-0.2, 0) is 20.5 Å². The number of nitrogens with one attached hydrogen (secondary N) is 2. The summed E-state index contributed by atoms with van der Waals surface area (Å²) >= 11 is 12.5. The molecule has 148 valence electrons. The van der Waals surface area contributed by atoms with Gasteiger partial charge in [-0.2, -0.15) is 10.5 Å². The molecule has 2 spiro atoms. The van der Waals surface area contributed by atoms with Crippen molar-refractivity contribution < 1.29 is 9.59 Å². The molecule has 0 radical (unpaired) electrons. The summed E-state index contributed by atoms with van der Waals surface area (Å²) in [5, 5.41) is 26.8. The van der Waals surface area contributed by atoms with E-state index >= 15 is 0 Å². The van der Waals surface area contributed by atoms with Crippen molar-refractivity contribution in [1.29, 1.82) is 10.5 Å². The summed E-state index contributed by atoms with van der Waals surface area (Å²) in [6.07, 6.45) is 0. The predicted molar refractivity (Wildman–Crippen MR) is 110 cm³/mol. The average Bonchev–Trinajstić information content (AvgIpc) is 3.26. The minimum absolute atomic E-state index is 0.126. The van der Waals surface area contributed by atoms with E-state index in [1.807, 2.05) is 0 Å². The Labute approximate surface area is 181 Å². The average molecular weight is 438 g/mol. The summed E-state index contributed by atoms with van der Waals surface area (Å²) in [5.41, 5.74) is -3.71. The number of nitrogens with zero attached hydrogens (tertiary/aromatic N) is 3. The van der Waals surface area contributed by atoms with Crippen LogP contribution < -0.4 is 10.6 Å². The van der Waals surface area contributed by atoms with Crippen LogP contribution in [0.1, 0.15) is 11.1 Å². The van der Waals surface area contributed by atoms with Crippen LogP contribution in [0.25, 0.3) is 0 Å². The topological polar surface area (TPSA) is 109 Å². The lowest BCUT2D eigenvalue weighted by Gasteiger charge is -2.43. The molecule has 3 aliphatic rings. The zero-order chi connectivity index (χ0) is 21.5.